The minimum atomic E-state index is 0.737. The maximum atomic E-state index is 8.37. The van der Waals surface area contributed by atoms with Crippen molar-refractivity contribution in [1.82, 2.24) is 4.98 Å². The van der Waals surface area contributed by atoms with E-state index in [0.29, 0.717) is 0 Å². The highest BCUT2D eigenvalue weighted by Crippen LogP contribution is 2.06. The first-order chi connectivity index (χ1) is 8.38. The molecular formula is C13H13N3O. The van der Waals surface area contributed by atoms with Crippen molar-refractivity contribution in [3.05, 3.63) is 59.8 Å². The van der Waals surface area contributed by atoms with E-state index in [9.17, 15) is 0 Å². The molecule has 0 radical (unpaired) electrons. The van der Waals surface area contributed by atoms with Gasteiger partial charge in [0.25, 0.3) is 0 Å². The summed E-state index contributed by atoms with van der Waals surface area (Å²) >= 11 is 0. The minimum absolute atomic E-state index is 0.737. The van der Waals surface area contributed by atoms with Crippen LogP contribution in [0.3, 0.4) is 0 Å². The average Bonchev–Trinajstić information content (AvgIpc) is 2.40. The van der Waals surface area contributed by atoms with Gasteiger partial charge >= 0.3 is 0 Å². The monoisotopic (exact) mass is 227 g/mol. The summed E-state index contributed by atoms with van der Waals surface area (Å²) in [5.41, 5.74) is 1.97. The van der Waals surface area contributed by atoms with Gasteiger partial charge in [-0.25, -0.2) is 4.98 Å². The Labute approximate surface area is 99.6 Å². The van der Waals surface area contributed by atoms with Crippen molar-refractivity contribution >= 4 is 12.0 Å². The molecule has 0 amide bonds. The number of hydrogen-bond acceptors (Lipinski definition) is 4. The average molecular weight is 227 g/mol. The van der Waals surface area contributed by atoms with E-state index in [-0.39, 0.29) is 0 Å². The lowest BCUT2D eigenvalue weighted by molar-refractivity contribution is 0.322. The smallest absolute Gasteiger partial charge is 0.126 e. The fourth-order valence-electron chi connectivity index (χ4n) is 1.44. The van der Waals surface area contributed by atoms with E-state index in [1.807, 2.05) is 30.3 Å². The summed E-state index contributed by atoms with van der Waals surface area (Å²) < 4.78 is 0. The van der Waals surface area contributed by atoms with E-state index in [4.69, 9.17) is 5.21 Å². The SMILES string of the molecule is O/N=C\c1ccc(NCc2ccccc2)nc1. The van der Waals surface area contributed by atoms with Crippen LogP contribution in [0.25, 0.3) is 0 Å². The highest BCUT2D eigenvalue weighted by Gasteiger charge is 1.95. The first-order valence-electron chi connectivity index (χ1n) is 5.30. The topological polar surface area (TPSA) is 57.5 Å². The summed E-state index contributed by atoms with van der Waals surface area (Å²) in [6.07, 6.45) is 2.99. The maximum Gasteiger partial charge on any atom is 0.126 e. The zero-order valence-electron chi connectivity index (χ0n) is 9.24. The van der Waals surface area contributed by atoms with E-state index in [0.717, 1.165) is 17.9 Å². The van der Waals surface area contributed by atoms with Crippen LogP contribution in [-0.2, 0) is 6.54 Å². The number of benzene rings is 1. The zero-order chi connectivity index (χ0) is 11.9. The second kappa shape index (κ2) is 5.65. The quantitative estimate of drug-likeness (QED) is 0.479. The molecule has 17 heavy (non-hydrogen) atoms. The summed E-state index contributed by atoms with van der Waals surface area (Å²) in [5.74, 6) is 0.795. The standard InChI is InChI=1S/C13H13N3O/c17-16-10-12-6-7-13(15-9-12)14-8-11-4-2-1-3-5-11/h1-7,9-10,17H,8H2,(H,14,15)/b16-10-. The molecule has 4 nitrogen and oxygen atoms in total. The van der Waals surface area contributed by atoms with Crippen LogP contribution in [0.5, 0.6) is 0 Å². The zero-order valence-corrected chi connectivity index (χ0v) is 9.24. The fraction of sp³-hybridized carbons (Fsp3) is 0.0769. The van der Waals surface area contributed by atoms with Gasteiger partial charge in [0.1, 0.15) is 5.82 Å². The van der Waals surface area contributed by atoms with Crippen molar-refractivity contribution < 1.29 is 5.21 Å². The van der Waals surface area contributed by atoms with Crippen LogP contribution in [0.1, 0.15) is 11.1 Å². The summed E-state index contributed by atoms with van der Waals surface area (Å²) in [5, 5.41) is 14.5. The molecule has 0 fully saturated rings. The van der Waals surface area contributed by atoms with Crippen LogP contribution in [0.4, 0.5) is 5.82 Å². The van der Waals surface area contributed by atoms with Crippen molar-refractivity contribution in [3.63, 3.8) is 0 Å². The lowest BCUT2D eigenvalue weighted by Crippen LogP contribution is -2.01. The first-order valence-corrected chi connectivity index (χ1v) is 5.30. The number of aromatic nitrogens is 1. The molecule has 2 N–H and O–H groups in total. The fourth-order valence-corrected chi connectivity index (χ4v) is 1.44. The summed E-state index contributed by atoms with van der Waals surface area (Å²) in [4.78, 5) is 4.20. The van der Waals surface area contributed by atoms with E-state index in [1.54, 1.807) is 6.20 Å². The molecule has 0 spiro atoms. The number of pyridine rings is 1. The van der Waals surface area contributed by atoms with Crippen molar-refractivity contribution in [2.75, 3.05) is 5.32 Å². The van der Waals surface area contributed by atoms with Crippen molar-refractivity contribution in [1.29, 1.82) is 0 Å². The van der Waals surface area contributed by atoms with Crippen molar-refractivity contribution in [3.8, 4) is 0 Å². The molecule has 0 atom stereocenters. The Balaban J connectivity index is 1.95. The Morgan fingerprint density at radius 1 is 1.18 bits per heavy atom. The number of oxime groups is 1. The van der Waals surface area contributed by atoms with Gasteiger partial charge in [0.2, 0.25) is 0 Å². The molecule has 0 saturated heterocycles. The lowest BCUT2D eigenvalue weighted by Gasteiger charge is -2.05. The van der Waals surface area contributed by atoms with Crippen LogP contribution >= 0.6 is 0 Å². The van der Waals surface area contributed by atoms with E-state index < -0.39 is 0 Å². The van der Waals surface area contributed by atoms with Gasteiger partial charge in [-0.1, -0.05) is 35.5 Å². The van der Waals surface area contributed by atoms with E-state index in [2.05, 4.69) is 27.6 Å². The Hall–Kier alpha value is -2.36. The number of nitrogens with one attached hydrogen (secondary N) is 1. The molecule has 0 bridgehead atoms. The van der Waals surface area contributed by atoms with Gasteiger partial charge in [-0.05, 0) is 17.7 Å². The second-order valence-corrected chi connectivity index (χ2v) is 3.56. The van der Waals surface area contributed by atoms with Gasteiger partial charge in [-0.2, -0.15) is 0 Å². The maximum absolute atomic E-state index is 8.37. The first kappa shape index (κ1) is 11.1. The number of rotatable bonds is 4. The van der Waals surface area contributed by atoms with Gasteiger partial charge in [-0.15, -0.1) is 0 Å². The lowest BCUT2D eigenvalue weighted by atomic mass is 10.2. The van der Waals surface area contributed by atoms with Crippen LogP contribution < -0.4 is 5.32 Å². The number of nitrogens with zero attached hydrogens (tertiary/aromatic N) is 2. The Morgan fingerprint density at radius 2 is 2.00 bits per heavy atom. The third kappa shape index (κ3) is 3.31. The number of hydrogen-bond donors (Lipinski definition) is 2. The predicted molar refractivity (Wildman–Crippen MR) is 67.4 cm³/mol. The van der Waals surface area contributed by atoms with E-state index in [1.165, 1.54) is 11.8 Å². The highest BCUT2D eigenvalue weighted by molar-refractivity contribution is 5.78. The Bertz CT molecular complexity index is 480. The molecule has 0 aliphatic carbocycles. The Morgan fingerprint density at radius 3 is 2.65 bits per heavy atom. The van der Waals surface area contributed by atoms with Crippen LogP contribution in [-0.4, -0.2) is 16.4 Å². The molecule has 1 heterocycles. The van der Waals surface area contributed by atoms with Gasteiger partial charge in [0.05, 0.1) is 6.21 Å². The molecule has 2 aromatic rings. The van der Waals surface area contributed by atoms with Crippen LogP contribution in [0, 0.1) is 0 Å². The van der Waals surface area contributed by atoms with Gasteiger partial charge in [0, 0.05) is 18.3 Å². The molecule has 4 heteroatoms. The normalized spacial score (nSPS) is 10.6. The third-order valence-corrected chi connectivity index (χ3v) is 2.31. The Kier molecular flexibility index (Phi) is 3.70. The molecule has 86 valence electrons. The van der Waals surface area contributed by atoms with E-state index >= 15 is 0 Å². The minimum Gasteiger partial charge on any atom is -0.411 e. The van der Waals surface area contributed by atoms with Crippen molar-refractivity contribution in [2.24, 2.45) is 5.16 Å². The second-order valence-electron chi connectivity index (χ2n) is 3.56. The molecule has 0 saturated carbocycles. The molecule has 1 aromatic heterocycles. The van der Waals surface area contributed by atoms with Crippen LogP contribution in [0.2, 0.25) is 0 Å². The van der Waals surface area contributed by atoms with Gasteiger partial charge in [-0.3, -0.25) is 0 Å². The molecule has 1 aromatic carbocycles. The third-order valence-electron chi connectivity index (χ3n) is 2.31. The van der Waals surface area contributed by atoms with Gasteiger partial charge < -0.3 is 10.5 Å². The predicted octanol–water partition coefficient (Wildman–Crippen LogP) is 2.50. The number of anilines is 1. The molecular weight excluding hydrogens is 214 g/mol. The molecule has 0 aliphatic heterocycles. The van der Waals surface area contributed by atoms with Crippen molar-refractivity contribution in [2.45, 2.75) is 6.54 Å². The summed E-state index contributed by atoms with van der Waals surface area (Å²) in [7, 11) is 0. The summed E-state index contributed by atoms with van der Waals surface area (Å²) in [6.45, 7) is 0.737. The highest BCUT2D eigenvalue weighted by atomic mass is 16.4. The molecule has 2 rings (SSSR count). The molecule has 0 unspecified atom stereocenters. The molecule has 0 aliphatic rings. The summed E-state index contributed by atoms with van der Waals surface area (Å²) in [6, 6.07) is 13.8. The van der Waals surface area contributed by atoms with Gasteiger partial charge in [0.15, 0.2) is 0 Å². The van der Waals surface area contributed by atoms with Crippen LogP contribution in [0.15, 0.2) is 53.8 Å². The largest absolute Gasteiger partial charge is 0.411 e.